The molecular formula is C66H45N3. The second-order valence-electron chi connectivity index (χ2n) is 18.8. The molecule has 0 amide bonds. The van der Waals surface area contributed by atoms with Crippen molar-refractivity contribution in [1.82, 2.24) is 15.0 Å². The molecule has 1 aliphatic carbocycles. The summed E-state index contributed by atoms with van der Waals surface area (Å²) in [4.78, 5) is 15.8. The van der Waals surface area contributed by atoms with Crippen molar-refractivity contribution in [2.45, 2.75) is 19.3 Å². The van der Waals surface area contributed by atoms with Crippen LogP contribution in [0.5, 0.6) is 0 Å². The van der Waals surface area contributed by atoms with Crippen LogP contribution in [0.3, 0.4) is 0 Å². The van der Waals surface area contributed by atoms with Gasteiger partial charge in [0.25, 0.3) is 0 Å². The van der Waals surface area contributed by atoms with Crippen LogP contribution in [0.15, 0.2) is 237 Å². The van der Waals surface area contributed by atoms with Crippen LogP contribution in [-0.2, 0) is 5.41 Å². The van der Waals surface area contributed by atoms with Gasteiger partial charge >= 0.3 is 0 Å². The topological polar surface area (TPSA) is 38.7 Å². The van der Waals surface area contributed by atoms with E-state index in [1.165, 1.54) is 77.2 Å². The van der Waals surface area contributed by atoms with E-state index < -0.39 is 0 Å². The third kappa shape index (κ3) is 7.01. The number of fused-ring (bicyclic) bond motifs is 7. The van der Waals surface area contributed by atoms with Gasteiger partial charge in [-0.15, -0.1) is 0 Å². The molecule has 0 aliphatic heterocycles. The lowest BCUT2D eigenvalue weighted by molar-refractivity contribution is 0.662. The maximum Gasteiger partial charge on any atom is 0.160 e. The fraction of sp³-hybridized carbons (Fsp3) is 0.0455. The van der Waals surface area contributed by atoms with Gasteiger partial charge in [0.05, 0.1) is 22.6 Å². The first-order valence-corrected chi connectivity index (χ1v) is 23.7. The lowest BCUT2D eigenvalue weighted by Crippen LogP contribution is -2.16. The highest BCUT2D eigenvalue weighted by molar-refractivity contribution is 6.16. The van der Waals surface area contributed by atoms with E-state index in [9.17, 15) is 0 Å². The van der Waals surface area contributed by atoms with Crippen LogP contribution in [0.2, 0.25) is 0 Å². The number of nitrogens with zero attached hydrogens (tertiary/aromatic N) is 3. The summed E-state index contributed by atoms with van der Waals surface area (Å²) in [6.07, 6.45) is 0. The average Bonchev–Trinajstić information content (AvgIpc) is 3.65. The summed E-state index contributed by atoms with van der Waals surface area (Å²) in [5.41, 5.74) is 20.1. The summed E-state index contributed by atoms with van der Waals surface area (Å²) in [7, 11) is 0. The molecule has 0 atom stereocenters. The van der Waals surface area contributed by atoms with Crippen molar-refractivity contribution in [2.75, 3.05) is 0 Å². The molecule has 0 unspecified atom stereocenters. The molecule has 12 aromatic rings. The third-order valence-electron chi connectivity index (χ3n) is 14.3. The molecule has 3 nitrogen and oxygen atoms in total. The molecule has 0 saturated carbocycles. The Morgan fingerprint density at radius 1 is 0.333 bits per heavy atom. The van der Waals surface area contributed by atoms with E-state index in [2.05, 4.69) is 244 Å². The lowest BCUT2D eigenvalue weighted by Gasteiger charge is -2.25. The van der Waals surface area contributed by atoms with Crippen LogP contribution in [0.25, 0.3) is 122 Å². The van der Waals surface area contributed by atoms with Gasteiger partial charge in [0.1, 0.15) is 0 Å². The molecule has 0 fully saturated rings. The number of hydrogen-bond donors (Lipinski definition) is 0. The van der Waals surface area contributed by atoms with Crippen molar-refractivity contribution in [3.63, 3.8) is 0 Å². The molecule has 0 bridgehead atoms. The monoisotopic (exact) mass is 879 g/mol. The molecule has 0 saturated heterocycles. The van der Waals surface area contributed by atoms with Crippen molar-refractivity contribution in [1.29, 1.82) is 0 Å². The van der Waals surface area contributed by atoms with Gasteiger partial charge in [-0.2, -0.15) is 0 Å². The van der Waals surface area contributed by atoms with E-state index in [4.69, 9.17) is 15.0 Å². The van der Waals surface area contributed by atoms with Crippen LogP contribution in [0.4, 0.5) is 0 Å². The van der Waals surface area contributed by atoms with E-state index in [0.717, 1.165) is 50.2 Å². The molecule has 0 N–H and O–H groups in total. The van der Waals surface area contributed by atoms with Gasteiger partial charge < -0.3 is 0 Å². The van der Waals surface area contributed by atoms with Crippen LogP contribution in [-0.4, -0.2) is 15.0 Å². The number of hydrogen-bond acceptors (Lipinski definition) is 3. The van der Waals surface area contributed by atoms with E-state index in [1.54, 1.807) is 0 Å². The summed E-state index contributed by atoms with van der Waals surface area (Å²) in [6, 6.07) is 84.9. The molecule has 13 rings (SSSR count). The van der Waals surface area contributed by atoms with Gasteiger partial charge in [0.15, 0.2) is 5.82 Å². The van der Waals surface area contributed by atoms with Gasteiger partial charge in [-0.05, 0) is 101 Å². The zero-order valence-electron chi connectivity index (χ0n) is 38.4. The molecule has 3 heteroatoms. The highest BCUT2D eigenvalue weighted by Crippen LogP contribution is 2.54. The predicted molar refractivity (Wildman–Crippen MR) is 288 cm³/mol. The van der Waals surface area contributed by atoms with Crippen molar-refractivity contribution in [3.8, 4) is 89.7 Å². The van der Waals surface area contributed by atoms with Crippen LogP contribution in [0.1, 0.15) is 25.0 Å². The van der Waals surface area contributed by atoms with Gasteiger partial charge in [-0.1, -0.05) is 226 Å². The maximum atomic E-state index is 5.40. The van der Waals surface area contributed by atoms with E-state index in [-0.39, 0.29) is 5.41 Å². The molecule has 324 valence electrons. The molecule has 0 radical (unpaired) electrons. The van der Waals surface area contributed by atoms with Crippen LogP contribution in [0, 0.1) is 0 Å². The first-order chi connectivity index (χ1) is 33.9. The first-order valence-electron chi connectivity index (χ1n) is 23.7. The SMILES string of the molecule is CC1(C)c2ccccc2-c2nc3ccc4ccccc4c3c(-c3ccc(-c4ccc5cc(-c6cc(-c7ccc(-c8ccccc8)cc7)nc(-c7ccc(-c8ccccc8)cc7)n6)ccc5c4)cc3)c21. The van der Waals surface area contributed by atoms with Gasteiger partial charge in [0.2, 0.25) is 0 Å². The summed E-state index contributed by atoms with van der Waals surface area (Å²) in [5.74, 6) is 0.694. The maximum absolute atomic E-state index is 5.40. The Balaban J connectivity index is 0.867. The van der Waals surface area contributed by atoms with E-state index in [0.29, 0.717) is 5.82 Å². The Kier molecular flexibility index (Phi) is 9.52. The minimum atomic E-state index is -0.216. The standard InChI is InChI=1S/C66H45N3/c1-66(2)57-20-12-11-19-56(57)64-63(66)61(62-55-18-10-9-17-47(55)37-38-58(62)67-64)49-29-23-46(24-30-49)51-33-34-53-40-54(36-35-52(53)39-51)60-41-59(48-27-21-44(22-28-48)42-13-5-3-6-14-42)68-65(69-60)50-31-25-45(26-32-50)43-15-7-4-8-16-43/h3-41H,1-2H3. The van der Waals surface area contributed by atoms with Crippen molar-refractivity contribution < 1.29 is 0 Å². The highest BCUT2D eigenvalue weighted by Gasteiger charge is 2.39. The molecule has 69 heavy (non-hydrogen) atoms. The first kappa shape index (κ1) is 40.5. The normalized spacial score (nSPS) is 12.6. The molecule has 1 aliphatic rings. The molecule has 2 aromatic heterocycles. The second kappa shape index (κ2) is 16.2. The number of benzene rings is 10. The van der Waals surface area contributed by atoms with E-state index >= 15 is 0 Å². The fourth-order valence-electron chi connectivity index (χ4n) is 10.7. The number of pyridine rings is 1. The van der Waals surface area contributed by atoms with Crippen LogP contribution < -0.4 is 0 Å². The zero-order chi connectivity index (χ0) is 46.1. The Morgan fingerprint density at radius 2 is 0.812 bits per heavy atom. The molecule has 2 heterocycles. The Labute approximate surface area is 402 Å². The summed E-state index contributed by atoms with van der Waals surface area (Å²) in [5, 5.41) is 6.00. The number of rotatable bonds is 7. The smallest absolute Gasteiger partial charge is 0.160 e. The molecule has 10 aromatic carbocycles. The Morgan fingerprint density at radius 3 is 1.49 bits per heavy atom. The van der Waals surface area contributed by atoms with Crippen molar-refractivity contribution in [3.05, 3.63) is 248 Å². The van der Waals surface area contributed by atoms with E-state index in [1.807, 2.05) is 6.07 Å². The van der Waals surface area contributed by atoms with Crippen molar-refractivity contribution >= 4 is 32.4 Å². The Bertz CT molecular complexity index is 3830. The van der Waals surface area contributed by atoms with Gasteiger partial charge in [-0.25, -0.2) is 15.0 Å². The lowest BCUT2D eigenvalue weighted by atomic mass is 9.78. The van der Waals surface area contributed by atoms with Gasteiger partial charge in [0, 0.05) is 33.1 Å². The second-order valence-corrected chi connectivity index (χ2v) is 18.8. The van der Waals surface area contributed by atoms with Crippen molar-refractivity contribution in [2.24, 2.45) is 0 Å². The zero-order valence-corrected chi connectivity index (χ0v) is 38.4. The summed E-state index contributed by atoms with van der Waals surface area (Å²) in [6.45, 7) is 4.71. The molecule has 0 spiro atoms. The minimum Gasteiger partial charge on any atom is -0.247 e. The van der Waals surface area contributed by atoms with Gasteiger partial charge in [-0.3, -0.25) is 0 Å². The number of aromatic nitrogens is 3. The third-order valence-corrected chi connectivity index (χ3v) is 14.3. The average molecular weight is 880 g/mol. The molecular weight excluding hydrogens is 835 g/mol. The predicted octanol–water partition coefficient (Wildman–Crippen LogP) is 17.3. The Hall–Kier alpha value is -8.79. The fourth-order valence-corrected chi connectivity index (χ4v) is 10.7. The largest absolute Gasteiger partial charge is 0.247 e. The summed E-state index contributed by atoms with van der Waals surface area (Å²) >= 11 is 0. The quantitative estimate of drug-likeness (QED) is 0.150. The minimum absolute atomic E-state index is 0.216. The summed E-state index contributed by atoms with van der Waals surface area (Å²) < 4.78 is 0. The highest BCUT2D eigenvalue weighted by atomic mass is 14.9. The van der Waals surface area contributed by atoms with Crippen LogP contribution >= 0.6 is 0 Å².